The number of hydrogen-bond acceptors (Lipinski definition) is 4. The van der Waals surface area contributed by atoms with Gasteiger partial charge in [0, 0.05) is 18.5 Å². The molecule has 2 aromatic rings. The van der Waals surface area contributed by atoms with E-state index in [2.05, 4.69) is 21.5 Å². The van der Waals surface area contributed by atoms with Crippen LogP contribution >= 0.6 is 11.3 Å². The Morgan fingerprint density at radius 3 is 2.52 bits per heavy atom. The molecule has 2 heterocycles. The molecule has 1 fully saturated rings. The molecule has 0 spiro atoms. The maximum absolute atomic E-state index is 12.4. The number of sulfonamides is 1. The quantitative estimate of drug-likeness (QED) is 0.707. The first-order valence-electron chi connectivity index (χ1n) is 9.13. The minimum absolute atomic E-state index is 0.0104. The van der Waals surface area contributed by atoms with Crippen molar-refractivity contribution in [2.45, 2.75) is 24.8 Å². The van der Waals surface area contributed by atoms with Gasteiger partial charge < -0.3 is 9.80 Å². The summed E-state index contributed by atoms with van der Waals surface area (Å²) >= 11 is 1.71. The molecule has 1 aromatic heterocycles. The zero-order valence-corrected chi connectivity index (χ0v) is 17.1. The lowest BCUT2D eigenvalue weighted by atomic mass is 10.2. The number of aryl methyl sites for hydroxylation is 1. The number of rotatable bonds is 7. The molecule has 1 amide bonds. The molecule has 0 unspecified atom stereocenters. The molecule has 1 aromatic carbocycles. The number of amides is 1. The van der Waals surface area contributed by atoms with Crippen LogP contribution in [0.2, 0.25) is 0 Å². The van der Waals surface area contributed by atoms with Crippen LogP contribution in [0.4, 0.5) is 0 Å². The third-order valence-corrected chi connectivity index (χ3v) is 7.03. The van der Waals surface area contributed by atoms with Crippen molar-refractivity contribution in [2.75, 3.05) is 32.7 Å². The Morgan fingerprint density at radius 1 is 1.19 bits per heavy atom. The number of nitrogens with zero attached hydrogens (tertiary/aromatic N) is 1. The Morgan fingerprint density at radius 2 is 1.89 bits per heavy atom. The molecule has 2 N–H and O–H groups in total. The van der Waals surface area contributed by atoms with Crippen molar-refractivity contribution < 1.29 is 18.1 Å². The third kappa shape index (κ3) is 5.62. The van der Waals surface area contributed by atoms with E-state index in [1.54, 1.807) is 35.6 Å². The molecule has 0 radical (unpaired) electrons. The van der Waals surface area contributed by atoms with Crippen LogP contribution in [0.3, 0.4) is 0 Å². The van der Waals surface area contributed by atoms with Crippen LogP contribution in [0, 0.1) is 6.92 Å². The lowest BCUT2D eigenvalue weighted by Gasteiger charge is -2.32. The van der Waals surface area contributed by atoms with Gasteiger partial charge in [-0.2, -0.15) is 11.3 Å². The highest BCUT2D eigenvalue weighted by molar-refractivity contribution is 7.89. The average Bonchev–Trinajstić information content (AvgIpc) is 3.15. The average molecular weight is 409 g/mol. The van der Waals surface area contributed by atoms with Gasteiger partial charge in [0.15, 0.2) is 0 Å². The van der Waals surface area contributed by atoms with Gasteiger partial charge in [-0.25, -0.2) is 13.1 Å². The third-order valence-electron chi connectivity index (χ3n) is 4.82. The van der Waals surface area contributed by atoms with E-state index in [9.17, 15) is 13.2 Å². The summed E-state index contributed by atoms with van der Waals surface area (Å²) in [6.07, 6.45) is 0.185. The Hall–Kier alpha value is -1.74. The van der Waals surface area contributed by atoms with Gasteiger partial charge in [0.05, 0.1) is 31.1 Å². The van der Waals surface area contributed by atoms with E-state index >= 15 is 0 Å². The first kappa shape index (κ1) is 20.0. The summed E-state index contributed by atoms with van der Waals surface area (Å²) in [6, 6.07) is 8.83. The highest BCUT2D eigenvalue weighted by Gasteiger charge is 2.24. The van der Waals surface area contributed by atoms with E-state index in [0.717, 1.165) is 38.3 Å². The monoisotopic (exact) mass is 408 g/mol. The number of piperazine rings is 1. The summed E-state index contributed by atoms with van der Waals surface area (Å²) in [5, 5.41) is 4.26. The van der Waals surface area contributed by atoms with E-state index in [1.807, 2.05) is 11.8 Å². The topological polar surface area (TPSA) is 70.9 Å². The van der Waals surface area contributed by atoms with E-state index in [4.69, 9.17) is 0 Å². The molecule has 3 rings (SSSR count). The second-order valence-electron chi connectivity index (χ2n) is 6.90. The van der Waals surface area contributed by atoms with Crippen molar-refractivity contribution in [2.24, 2.45) is 0 Å². The number of thiophene rings is 1. The van der Waals surface area contributed by atoms with Gasteiger partial charge in [0.2, 0.25) is 15.9 Å². The Bertz CT molecular complexity index is 841. The van der Waals surface area contributed by atoms with Crippen molar-refractivity contribution >= 4 is 27.3 Å². The Labute approximate surface area is 164 Å². The maximum atomic E-state index is 12.4. The lowest BCUT2D eigenvalue weighted by molar-refractivity contribution is -0.917. The maximum Gasteiger partial charge on any atom is 0.240 e. The van der Waals surface area contributed by atoms with Gasteiger partial charge >= 0.3 is 0 Å². The summed E-state index contributed by atoms with van der Waals surface area (Å²) in [5.74, 6) is 0.0104. The second kappa shape index (κ2) is 8.97. The van der Waals surface area contributed by atoms with Gasteiger partial charge in [0.1, 0.15) is 6.54 Å². The summed E-state index contributed by atoms with van der Waals surface area (Å²) in [4.78, 5) is 15.9. The molecule has 0 atom stereocenters. The highest BCUT2D eigenvalue weighted by atomic mass is 32.2. The van der Waals surface area contributed by atoms with Crippen LogP contribution in [0.5, 0.6) is 0 Å². The number of benzene rings is 1. The molecule has 1 aliphatic heterocycles. The molecule has 0 aliphatic carbocycles. The molecule has 8 heteroatoms. The molecule has 0 saturated carbocycles. The Balaban J connectivity index is 1.41. The zero-order valence-electron chi connectivity index (χ0n) is 15.5. The van der Waals surface area contributed by atoms with Crippen LogP contribution in [0.15, 0.2) is 46.0 Å². The largest absolute Gasteiger partial charge is 0.331 e. The van der Waals surface area contributed by atoms with Crippen LogP contribution in [-0.2, 0) is 21.4 Å². The first-order chi connectivity index (χ1) is 12.9. The smallest absolute Gasteiger partial charge is 0.240 e. The number of hydrogen-bond donors (Lipinski definition) is 2. The predicted octanol–water partition coefficient (Wildman–Crippen LogP) is 0.652. The van der Waals surface area contributed by atoms with Crippen molar-refractivity contribution in [1.29, 1.82) is 0 Å². The molecular formula is C19H26N3O3S2+. The van der Waals surface area contributed by atoms with Crippen molar-refractivity contribution in [3.05, 3.63) is 52.2 Å². The lowest BCUT2D eigenvalue weighted by Crippen LogP contribution is -3.13. The number of carbonyl (C=O) groups excluding carboxylic acids is 1. The molecule has 1 aliphatic rings. The molecule has 27 heavy (non-hydrogen) atoms. The van der Waals surface area contributed by atoms with Crippen molar-refractivity contribution in [3.63, 3.8) is 0 Å². The standard InChI is InChI=1S/C19H25N3O3S2/c1-16-2-4-18(5-3-16)27(24,25)20-8-6-19(23)22-11-9-21(10-12-22)14-17-7-13-26-15-17/h2-5,7,13,15,20H,6,8-12,14H2,1H3/p+1. The van der Waals surface area contributed by atoms with Crippen LogP contribution in [0.1, 0.15) is 17.5 Å². The van der Waals surface area contributed by atoms with E-state index < -0.39 is 10.0 Å². The first-order valence-corrected chi connectivity index (χ1v) is 11.6. The molecule has 6 nitrogen and oxygen atoms in total. The van der Waals surface area contributed by atoms with E-state index in [0.29, 0.717) is 0 Å². The summed E-state index contributed by atoms with van der Waals surface area (Å²) in [6.45, 7) is 6.34. The van der Waals surface area contributed by atoms with E-state index in [-0.39, 0.29) is 23.8 Å². The summed E-state index contributed by atoms with van der Waals surface area (Å²) in [5.41, 5.74) is 2.35. The Kier molecular flexibility index (Phi) is 6.64. The van der Waals surface area contributed by atoms with Crippen LogP contribution in [-0.4, -0.2) is 51.9 Å². The van der Waals surface area contributed by atoms with Gasteiger partial charge in [0.25, 0.3) is 0 Å². The van der Waals surface area contributed by atoms with Gasteiger partial charge in [-0.15, -0.1) is 0 Å². The minimum Gasteiger partial charge on any atom is -0.331 e. The van der Waals surface area contributed by atoms with Gasteiger partial charge in [-0.1, -0.05) is 17.7 Å². The van der Waals surface area contributed by atoms with Crippen molar-refractivity contribution in [3.8, 4) is 0 Å². The fourth-order valence-corrected chi connectivity index (χ4v) is 4.88. The molecule has 146 valence electrons. The van der Waals surface area contributed by atoms with E-state index in [1.165, 1.54) is 10.5 Å². The van der Waals surface area contributed by atoms with Crippen molar-refractivity contribution in [1.82, 2.24) is 9.62 Å². The van der Waals surface area contributed by atoms with Gasteiger partial charge in [-0.05, 0) is 35.9 Å². The summed E-state index contributed by atoms with van der Waals surface area (Å²) < 4.78 is 27.0. The molecular weight excluding hydrogens is 382 g/mol. The zero-order chi connectivity index (χ0) is 19.3. The minimum atomic E-state index is -3.57. The molecule has 0 bridgehead atoms. The number of nitrogens with one attached hydrogen (secondary N) is 2. The fraction of sp³-hybridized carbons (Fsp3) is 0.421. The van der Waals surface area contributed by atoms with Crippen LogP contribution < -0.4 is 9.62 Å². The predicted molar refractivity (Wildman–Crippen MR) is 106 cm³/mol. The number of quaternary nitrogens is 1. The summed E-state index contributed by atoms with van der Waals surface area (Å²) in [7, 11) is -3.57. The molecule has 1 saturated heterocycles. The van der Waals surface area contributed by atoms with Gasteiger partial charge in [-0.3, -0.25) is 4.79 Å². The van der Waals surface area contributed by atoms with Crippen LogP contribution in [0.25, 0.3) is 0 Å². The fourth-order valence-electron chi connectivity index (χ4n) is 3.18. The normalized spacial score (nSPS) is 15.8. The second-order valence-corrected chi connectivity index (χ2v) is 9.45. The SMILES string of the molecule is Cc1ccc(S(=O)(=O)NCCC(=O)N2CC[NH+](Cc3ccsc3)CC2)cc1. The number of carbonyl (C=O) groups is 1. The highest BCUT2D eigenvalue weighted by Crippen LogP contribution is 2.10.